The lowest BCUT2D eigenvalue weighted by Gasteiger charge is -2.25. The summed E-state index contributed by atoms with van der Waals surface area (Å²) < 4.78 is 6.60. The zero-order chi connectivity index (χ0) is 27.8. The molecule has 0 aliphatic heterocycles. The maximum absolute atomic E-state index is 13.5. The summed E-state index contributed by atoms with van der Waals surface area (Å²) in [6, 6.07) is 23.0. The lowest BCUT2D eigenvalue weighted by Crippen LogP contribution is -2.49. The van der Waals surface area contributed by atoms with E-state index in [-0.39, 0.29) is 24.3 Å². The number of para-hydroxylation sites is 1. The van der Waals surface area contributed by atoms with Gasteiger partial charge in [-0.15, -0.1) is 5.10 Å². The minimum absolute atomic E-state index is 0.139. The Morgan fingerprint density at radius 3 is 2.36 bits per heavy atom. The number of amides is 3. The molecule has 1 atom stereocenters. The molecule has 0 spiro atoms. The molecule has 2 N–H and O–H groups in total. The van der Waals surface area contributed by atoms with Crippen molar-refractivity contribution in [3.8, 4) is 17.0 Å². The van der Waals surface area contributed by atoms with Crippen LogP contribution in [0.4, 0.5) is 11.4 Å². The van der Waals surface area contributed by atoms with Gasteiger partial charge in [0.2, 0.25) is 17.7 Å². The quantitative estimate of drug-likeness (QED) is 0.327. The van der Waals surface area contributed by atoms with Gasteiger partial charge in [-0.05, 0) is 35.9 Å². The number of carbonyl (C=O) groups is 3. The summed E-state index contributed by atoms with van der Waals surface area (Å²) in [7, 11) is 3.25. The third kappa shape index (κ3) is 7.07. The minimum atomic E-state index is -0.810. The van der Waals surface area contributed by atoms with E-state index in [4.69, 9.17) is 4.74 Å². The maximum Gasteiger partial charge on any atom is 0.249 e. The summed E-state index contributed by atoms with van der Waals surface area (Å²) in [5, 5.41) is 13.9. The van der Waals surface area contributed by atoms with Crippen molar-refractivity contribution in [1.82, 2.24) is 20.3 Å². The smallest absolute Gasteiger partial charge is 0.249 e. The summed E-state index contributed by atoms with van der Waals surface area (Å²) in [6.45, 7) is 1.29. The van der Waals surface area contributed by atoms with Crippen LogP contribution in [0.5, 0.6) is 5.75 Å². The largest absolute Gasteiger partial charge is 0.497 e. The molecule has 4 aromatic rings. The normalized spacial score (nSPS) is 11.4. The number of methoxy groups -OCH3 is 1. The first-order valence-electron chi connectivity index (χ1n) is 12.4. The van der Waals surface area contributed by atoms with Gasteiger partial charge in [0.1, 0.15) is 24.0 Å². The van der Waals surface area contributed by atoms with Crippen molar-refractivity contribution in [3.63, 3.8) is 0 Å². The van der Waals surface area contributed by atoms with Crippen LogP contribution in [0.15, 0.2) is 85.1 Å². The number of hydrogen-bond donors (Lipinski definition) is 2. The van der Waals surface area contributed by atoms with Crippen molar-refractivity contribution >= 4 is 29.1 Å². The monoisotopic (exact) mass is 526 g/mol. The molecule has 0 radical (unpaired) electrons. The molecule has 0 saturated heterocycles. The highest BCUT2D eigenvalue weighted by Crippen LogP contribution is 2.26. The number of nitrogens with one attached hydrogen (secondary N) is 2. The van der Waals surface area contributed by atoms with Crippen LogP contribution in [0.1, 0.15) is 12.5 Å². The van der Waals surface area contributed by atoms with Gasteiger partial charge in [-0.1, -0.05) is 53.7 Å². The van der Waals surface area contributed by atoms with E-state index >= 15 is 0 Å². The number of rotatable bonds is 10. The average Bonchev–Trinajstić information content (AvgIpc) is 3.40. The Kier molecular flexibility index (Phi) is 8.67. The molecule has 0 aliphatic rings. The van der Waals surface area contributed by atoms with Gasteiger partial charge in [-0.25, -0.2) is 4.68 Å². The van der Waals surface area contributed by atoms with E-state index in [1.54, 1.807) is 56.8 Å². The minimum Gasteiger partial charge on any atom is -0.497 e. The second-order valence-corrected chi connectivity index (χ2v) is 8.93. The van der Waals surface area contributed by atoms with Crippen molar-refractivity contribution in [1.29, 1.82) is 0 Å². The van der Waals surface area contributed by atoms with E-state index in [0.29, 0.717) is 34.8 Å². The van der Waals surface area contributed by atoms with E-state index < -0.39 is 6.04 Å². The van der Waals surface area contributed by atoms with Crippen LogP contribution >= 0.6 is 0 Å². The number of carbonyl (C=O) groups excluding carboxylic acids is 3. The first-order chi connectivity index (χ1) is 18.8. The lowest BCUT2D eigenvalue weighted by atomic mass is 10.0. The van der Waals surface area contributed by atoms with Crippen molar-refractivity contribution in [3.05, 3.63) is 90.6 Å². The molecule has 0 aliphatic carbocycles. The zero-order valence-corrected chi connectivity index (χ0v) is 22.0. The number of likely N-dealkylation sites (N-methyl/N-ethyl adjacent to an activating group) is 1. The number of benzene rings is 3. The fourth-order valence-electron chi connectivity index (χ4n) is 4.11. The molecule has 0 fully saturated rings. The van der Waals surface area contributed by atoms with Crippen LogP contribution in [0.3, 0.4) is 0 Å². The second kappa shape index (κ2) is 12.5. The summed E-state index contributed by atoms with van der Waals surface area (Å²) in [4.78, 5) is 39.7. The van der Waals surface area contributed by atoms with Crippen LogP contribution in [-0.4, -0.2) is 52.9 Å². The van der Waals surface area contributed by atoms with Gasteiger partial charge in [0.05, 0.1) is 19.0 Å². The van der Waals surface area contributed by atoms with Crippen molar-refractivity contribution in [2.75, 3.05) is 24.4 Å². The van der Waals surface area contributed by atoms with Crippen LogP contribution < -0.4 is 20.3 Å². The topological polar surface area (TPSA) is 118 Å². The molecule has 39 heavy (non-hydrogen) atoms. The van der Waals surface area contributed by atoms with Crippen LogP contribution in [0, 0.1) is 0 Å². The van der Waals surface area contributed by atoms with E-state index in [0.717, 1.165) is 5.56 Å². The first-order valence-corrected chi connectivity index (χ1v) is 12.4. The summed E-state index contributed by atoms with van der Waals surface area (Å²) in [5.74, 6) is -0.177. The standard InChI is InChI=1S/C29H30N6O4/c1-20(36)30-25-12-8-7-11-24(25)27-18-35(33-32-27)19-28(37)31-26(17-21-9-5-4-6-10-21)29(38)34(2)22-13-15-23(39-3)16-14-22/h4-16,18,26H,17,19H2,1-3H3,(H,30,36)(H,31,37)/t26-/m0/s1. The van der Waals surface area contributed by atoms with E-state index in [1.165, 1.54) is 16.5 Å². The average molecular weight is 527 g/mol. The zero-order valence-electron chi connectivity index (χ0n) is 22.0. The fraction of sp³-hybridized carbons (Fsp3) is 0.207. The van der Waals surface area contributed by atoms with E-state index in [1.807, 2.05) is 42.5 Å². The molecule has 0 bridgehead atoms. The molecular weight excluding hydrogens is 496 g/mol. The molecule has 1 heterocycles. The molecule has 3 aromatic carbocycles. The Morgan fingerprint density at radius 2 is 1.67 bits per heavy atom. The van der Waals surface area contributed by atoms with Gasteiger partial charge >= 0.3 is 0 Å². The van der Waals surface area contributed by atoms with Gasteiger partial charge in [-0.3, -0.25) is 14.4 Å². The molecule has 200 valence electrons. The molecule has 0 unspecified atom stereocenters. The maximum atomic E-state index is 13.5. The van der Waals surface area contributed by atoms with Gasteiger partial charge in [0, 0.05) is 31.6 Å². The first kappa shape index (κ1) is 27.1. The van der Waals surface area contributed by atoms with Gasteiger partial charge in [-0.2, -0.15) is 0 Å². The molecule has 1 aromatic heterocycles. The van der Waals surface area contributed by atoms with Gasteiger partial charge < -0.3 is 20.3 Å². The summed E-state index contributed by atoms with van der Waals surface area (Å²) >= 11 is 0. The highest BCUT2D eigenvalue weighted by molar-refractivity contribution is 5.99. The Morgan fingerprint density at radius 1 is 0.974 bits per heavy atom. The molecular formula is C29H30N6O4. The second-order valence-electron chi connectivity index (χ2n) is 8.93. The number of anilines is 2. The molecule has 10 heteroatoms. The molecule has 0 saturated carbocycles. The fourth-order valence-corrected chi connectivity index (χ4v) is 4.11. The number of ether oxygens (including phenoxy) is 1. The third-order valence-electron chi connectivity index (χ3n) is 6.06. The lowest BCUT2D eigenvalue weighted by molar-refractivity contribution is -0.127. The Balaban J connectivity index is 1.49. The van der Waals surface area contributed by atoms with Gasteiger partial charge in [0.25, 0.3) is 0 Å². The van der Waals surface area contributed by atoms with Crippen LogP contribution in [-0.2, 0) is 27.3 Å². The number of nitrogens with zero attached hydrogens (tertiary/aromatic N) is 4. The van der Waals surface area contributed by atoms with Crippen molar-refractivity contribution < 1.29 is 19.1 Å². The predicted octanol–water partition coefficient (Wildman–Crippen LogP) is 3.30. The third-order valence-corrected chi connectivity index (χ3v) is 6.06. The van der Waals surface area contributed by atoms with Gasteiger partial charge in [0.15, 0.2) is 0 Å². The predicted molar refractivity (Wildman–Crippen MR) is 148 cm³/mol. The highest BCUT2D eigenvalue weighted by Gasteiger charge is 2.26. The Bertz CT molecular complexity index is 1440. The summed E-state index contributed by atoms with van der Waals surface area (Å²) in [5.41, 5.74) is 3.36. The van der Waals surface area contributed by atoms with E-state index in [2.05, 4.69) is 20.9 Å². The van der Waals surface area contributed by atoms with Crippen molar-refractivity contribution in [2.24, 2.45) is 0 Å². The Labute approximate surface area is 226 Å². The number of aromatic nitrogens is 3. The molecule has 10 nitrogen and oxygen atoms in total. The Hall–Kier alpha value is -4.99. The molecule has 3 amide bonds. The SMILES string of the molecule is COc1ccc(N(C)C(=O)[C@H](Cc2ccccc2)NC(=O)Cn2cc(-c3ccccc3NC(C)=O)nn2)cc1. The number of hydrogen-bond acceptors (Lipinski definition) is 6. The van der Waals surface area contributed by atoms with Crippen LogP contribution in [0.25, 0.3) is 11.3 Å². The molecule has 4 rings (SSSR count). The van der Waals surface area contributed by atoms with Crippen LogP contribution in [0.2, 0.25) is 0 Å². The van der Waals surface area contributed by atoms with E-state index in [9.17, 15) is 14.4 Å². The highest BCUT2D eigenvalue weighted by atomic mass is 16.5. The summed E-state index contributed by atoms with van der Waals surface area (Å²) in [6.07, 6.45) is 1.94. The van der Waals surface area contributed by atoms with Crippen molar-refractivity contribution in [2.45, 2.75) is 25.9 Å².